The van der Waals surface area contributed by atoms with E-state index in [9.17, 15) is 13.6 Å². The predicted molar refractivity (Wildman–Crippen MR) is 59.0 cm³/mol. The highest BCUT2D eigenvalue weighted by Gasteiger charge is 2.17. The van der Waals surface area contributed by atoms with Crippen LogP contribution < -0.4 is 0 Å². The lowest BCUT2D eigenvalue weighted by Gasteiger charge is -2.10. The fraction of sp³-hybridized carbons (Fsp3) is 0.364. The Morgan fingerprint density at radius 1 is 1.38 bits per heavy atom. The summed E-state index contributed by atoms with van der Waals surface area (Å²) >= 11 is 0.454. The second-order valence-electron chi connectivity index (χ2n) is 3.25. The van der Waals surface area contributed by atoms with Crippen LogP contribution in [-0.4, -0.2) is 16.8 Å². The first-order valence-electron chi connectivity index (χ1n) is 4.82. The van der Waals surface area contributed by atoms with Gasteiger partial charge in [0.05, 0.1) is 5.92 Å². The van der Waals surface area contributed by atoms with Crippen LogP contribution in [0.4, 0.5) is 8.78 Å². The van der Waals surface area contributed by atoms with Crippen molar-refractivity contribution in [3.05, 3.63) is 29.8 Å². The van der Waals surface area contributed by atoms with Crippen molar-refractivity contribution in [3.63, 3.8) is 0 Å². The minimum absolute atomic E-state index is 0.444. The molecule has 1 N–H and O–H groups in total. The summed E-state index contributed by atoms with van der Waals surface area (Å²) in [7, 11) is 0. The molecule has 0 amide bonds. The first kappa shape index (κ1) is 13.0. The zero-order chi connectivity index (χ0) is 12.1. The highest BCUT2D eigenvalue weighted by atomic mass is 32.2. The van der Waals surface area contributed by atoms with Crippen molar-refractivity contribution in [2.24, 2.45) is 0 Å². The number of thioether (sulfide) groups is 1. The average Bonchev–Trinajstić information content (AvgIpc) is 2.20. The molecule has 0 aliphatic rings. The van der Waals surface area contributed by atoms with Gasteiger partial charge in [-0.3, -0.25) is 4.79 Å². The number of hydrogen-bond acceptors (Lipinski definition) is 2. The Morgan fingerprint density at radius 3 is 2.31 bits per heavy atom. The van der Waals surface area contributed by atoms with Crippen LogP contribution in [0.5, 0.6) is 0 Å². The van der Waals surface area contributed by atoms with Gasteiger partial charge in [-0.2, -0.15) is 8.78 Å². The minimum Gasteiger partial charge on any atom is -0.481 e. The smallest absolute Gasteiger partial charge is 0.310 e. The van der Waals surface area contributed by atoms with E-state index in [0.29, 0.717) is 28.6 Å². The Balaban J connectivity index is 2.81. The summed E-state index contributed by atoms with van der Waals surface area (Å²) in [6, 6.07) is 6.23. The molecule has 1 aromatic carbocycles. The number of carboxylic acid groups (broad SMARTS) is 1. The van der Waals surface area contributed by atoms with Gasteiger partial charge in [-0.15, -0.1) is 0 Å². The molecule has 0 heterocycles. The highest BCUT2D eigenvalue weighted by Crippen LogP contribution is 2.27. The van der Waals surface area contributed by atoms with Crippen molar-refractivity contribution in [1.82, 2.24) is 0 Å². The summed E-state index contributed by atoms with van der Waals surface area (Å²) in [4.78, 5) is 11.3. The van der Waals surface area contributed by atoms with E-state index in [1.807, 2.05) is 0 Å². The number of rotatable bonds is 5. The zero-order valence-corrected chi connectivity index (χ0v) is 9.51. The summed E-state index contributed by atoms with van der Waals surface area (Å²) in [6.07, 6.45) is 0.483. The molecule has 0 saturated carbocycles. The van der Waals surface area contributed by atoms with Crippen LogP contribution in [0.2, 0.25) is 0 Å². The molecular formula is C11H12F2O2S. The fourth-order valence-corrected chi connectivity index (χ4v) is 1.93. The topological polar surface area (TPSA) is 37.3 Å². The van der Waals surface area contributed by atoms with Gasteiger partial charge in [0.1, 0.15) is 0 Å². The number of carbonyl (C=O) groups is 1. The second-order valence-corrected chi connectivity index (χ2v) is 4.31. The van der Waals surface area contributed by atoms with E-state index in [4.69, 9.17) is 5.11 Å². The maximum atomic E-state index is 12.0. The van der Waals surface area contributed by atoms with Crippen LogP contribution in [0.25, 0.3) is 0 Å². The summed E-state index contributed by atoms with van der Waals surface area (Å²) < 4.78 is 24.1. The van der Waals surface area contributed by atoms with Crippen LogP contribution in [0, 0.1) is 0 Å². The first-order chi connectivity index (χ1) is 7.54. The van der Waals surface area contributed by atoms with E-state index in [1.54, 1.807) is 19.1 Å². The fourth-order valence-electron chi connectivity index (χ4n) is 1.43. The summed E-state index contributed by atoms with van der Waals surface area (Å²) in [5.41, 5.74) is 0.647. The molecule has 0 saturated heterocycles. The molecule has 1 aromatic rings. The lowest BCUT2D eigenvalue weighted by molar-refractivity contribution is -0.138. The van der Waals surface area contributed by atoms with Gasteiger partial charge in [0, 0.05) is 4.90 Å². The molecule has 0 bridgehead atoms. The quantitative estimate of drug-likeness (QED) is 0.807. The van der Waals surface area contributed by atoms with Gasteiger partial charge in [0.15, 0.2) is 0 Å². The molecule has 88 valence electrons. The van der Waals surface area contributed by atoms with Crippen LogP contribution in [-0.2, 0) is 4.79 Å². The maximum Gasteiger partial charge on any atom is 0.310 e. The number of aliphatic carboxylic acids is 1. The normalized spacial score (nSPS) is 12.8. The van der Waals surface area contributed by atoms with E-state index in [1.165, 1.54) is 12.1 Å². The summed E-state index contributed by atoms with van der Waals surface area (Å²) in [6.45, 7) is 1.78. The summed E-state index contributed by atoms with van der Waals surface area (Å²) in [5.74, 6) is -3.91. The largest absolute Gasteiger partial charge is 0.481 e. The number of carboxylic acids is 1. The second kappa shape index (κ2) is 5.84. The van der Waals surface area contributed by atoms with Crippen LogP contribution in [0.15, 0.2) is 29.2 Å². The maximum absolute atomic E-state index is 12.0. The van der Waals surface area contributed by atoms with E-state index in [0.717, 1.165) is 0 Å². The molecule has 0 radical (unpaired) electrons. The third-order valence-corrected chi connectivity index (χ3v) is 2.94. The molecule has 5 heteroatoms. The standard InChI is InChI=1S/C11H12F2O2S/c1-2-9(10(14)15)7-3-5-8(6-4-7)16-11(12)13/h3-6,9,11H,2H2,1H3,(H,14,15). The van der Waals surface area contributed by atoms with Gasteiger partial charge in [0.2, 0.25) is 0 Å². The molecule has 0 fully saturated rings. The molecule has 2 nitrogen and oxygen atoms in total. The lowest BCUT2D eigenvalue weighted by atomic mass is 9.97. The van der Waals surface area contributed by atoms with Gasteiger partial charge in [-0.05, 0) is 24.1 Å². The molecule has 1 rings (SSSR count). The highest BCUT2D eigenvalue weighted by molar-refractivity contribution is 7.99. The van der Waals surface area contributed by atoms with Crippen molar-refractivity contribution in [1.29, 1.82) is 0 Å². The van der Waals surface area contributed by atoms with Crippen molar-refractivity contribution < 1.29 is 18.7 Å². The Labute approximate surface area is 96.7 Å². The van der Waals surface area contributed by atoms with Crippen molar-refractivity contribution in [3.8, 4) is 0 Å². The van der Waals surface area contributed by atoms with Crippen molar-refractivity contribution in [2.45, 2.75) is 29.9 Å². The van der Waals surface area contributed by atoms with Crippen LogP contribution >= 0.6 is 11.8 Å². The molecule has 0 aromatic heterocycles. The van der Waals surface area contributed by atoms with E-state index < -0.39 is 17.6 Å². The molecule has 0 spiro atoms. The van der Waals surface area contributed by atoms with Gasteiger partial charge in [-0.1, -0.05) is 30.8 Å². The van der Waals surface area contributed by atoms with Gasteiger partial charge in [0.25, 0.3) is 5.76 Å². The number of alkyl halides is 2. The molecule has 0 aliphatic carbocycles. The third kappa shape index (κ3) is 3.48. The third-order valence-electron chi connectivity index (χ3n) is 2.21. The monoisotopic (exact) mass is 246 g/mol. The predicted octanol–water partition coefficient (Wildman–Crippen LogP) is 3.58. The lowest BCUT2D eigenvalue weighted by Crippen LogP contribution is -2.10. The SMILES string of the molecule is CCC(C(=O)O)c1ccc(SC(F)F)cc1. The molecule has 0 aliphatic heterocycles. The Kier molecular flexibility index (Phi) is 4.73. The minimum atomic E-state index is -2.45. The van der Waals surface area contributed by atoms with Crippen LogP contribution in [0.1, 0.15) is 24.8 Å². The molecule has 1 unspecified atom stereocenters. The van der Waals surface area contributed by atoms with Crippen LogP contribution in [0.3, 0.4) is 0 Å². The first-order valence-corrected chi connectivity index (χ1v) is 5.70. The molecule has 16 heavy (non-hydrogen) atoms. The van der Waals surface area contributed by atoms with Gasteiger partial charge in [-0.25, -0.2) is 0 Å². The molecular weight excluding hydrogens is 234 g/mol. The van der Waals surface area contributed by atoms with Crippen molar-refractivity contribution in [2.75, 3.05) is 0 Å². The number of benzene rings is 1. The molecule has 1 atom stereocenters. The Hall–Kier alpha value is -1.10. The van der Waals surface area contributed by atoms with E-state index in [2.05, 4.69) is 0 Å². The van der Waals surface area contributed by atoms with Gasteiger partial charge >= 0.3 is 5.97 Å². The van der Waals surface area contributed by atoms with Gasteiger partial charge < -0.3 is 5.11 Å². The average molecular weight is 246 g/mol. The Morgan fingerprint density at radius 2 is 1.94 bits per heavy atom. The summed E-state index contributed by atoms with van der Waals surface area (Å²) in [5, 5.41) is 8.92. The van der Waals surface area contributed by atoms with Crippen molar-refractivity contribution >= 4 is 17.7 Å². The van der Waals surface area contributed by atoms with E-state index >= 15 is 0 Å². The number of halogens is 2. The number of hydrogen-bond donors (Lipinski definition) is 1. The zero-order valence-electron chi connectivity index (χ0n) is 8.69. The van der Waals surface area contributed by atoms with E-state index in [-0.39, 0.29) is 0 Å². The Bertz CT molecular complexity index is 352.